The summed E-state index contributed by atoms with van der Waals surface area (Å²) in [5, 5.41) is 0.854. The molecular formula is C20H23FN2O. The molecule has 2 aromatic rings. The predicted molar refractivity (Wildman–Crippen MR) is 93.9 cm³/mol. The number of hydrogen-bond donors (Lipinski definition) is 0. The van der Waals surface area contributed by atoms with E-state index < -0.39 is 6.17 Å². The molecule has 3 fully saturated rings. The lowest BCUT2D eigenvalue weighted by Gasteiger charge is -2.50. The van der Waals surface area contributed by atoms with E-state index in [0.29, 0.717) is 11.8 Å². The zero-order valence-electron chi connectivity index (χ0n) is 14.0. The van der Waals surface area contributed by atoms with Crippen LogP contribution >= 0.6 is 0 Å². The molecule has 5 atom stereocenters. The van der Waals surface area contributed by atoms with Gasteiger partial charge in [-0.15, -0.1) is 6.58 Å². The zero-order valence-corrected chi connectivity index (χ0v) is 14.0. The van der Waals surface area contributed by atoms with E-state index in [1.54, 1.807) is 13.3 Å². The highest BCUT2D eigenvalue weighted by Gasteiger charge is 2.43. The van der Waals surface area contributed by atoms with Gasteiger partial charge in [0.1, 0.15) is 11.9 Å². The minimum Gasteiger partial charge on any atom is -0.497 e. The number of benzene rings is 1. The first-order chi connectivity index (χ1) is 11.7. The quantitative estimate of drug-likeness (QED) is 0.789. The molecule has 1 aromatic carbocycles. The van der Waals surface area contributed by atoms with Crippen molar-refractivity contribution in [2.45, 2.75) is 25.1 Å². The zero-order chi connectivity index (χ0) is 16.7. The largest absolute Gasteiger partial charge is 0.497 e. The van der Waals surface area contributed by atoms with Crippen molar-refractivity contribution in [1.29, 1.82) is 0 Å². The summed E-state index contributed by atoms with van der Waals surface area (Å²) in [4.78, 5) is 6.68. The average molecular weight is 326 g/mol. The molecule has 3 saturated heterocycles. The van der Waals surface area contributed by atoms with Gasteiger partial charge in [-0.05, 0) is 61.1 Å². The number of fused-ring (bicyclic) bond motifs is 4. The van der Waals surface area contributed by atoms with Crippen LogP contribution in [0.1, 0.15) is 24.6 Å². The Hall–Kier alpha value is -1.94. The van der Waals surface area contributed by atoms with Crippen LogP contribution in [0, 0.1) is 11.8 Å². The standard InChI is InChI=1S/C20H23FN2O/c1-3-13-12-23-9-7-14(13)10-19(23)20(21)16-6-8-22-18-5-4-15(24-2)11-17(16)18/h3-6,8,11,13-14,19-20H,1,7,9-10,12H2,2H3/t13-,14-,19-,20+/m0/s1. The van der Waals surface area contributed by atoms with Crippen molar-refractivity contribution >= 4 is 10.9 Å². The van der Waals surface area contributed by atoms with Gasteiger partial charge in [-0.2, -0.15) is 0 Å². The molecule has 126 valence electrons. The van der Waals surface area contributed by atoms with E-state index in [1.165, 1.54) is 0 Å². The lowest BCUT2D eigenvalue weighted by molar-refractivity contribution is -0.0183. The molecule has 3 aliphatic heterocycles. The fraction of sp³-hybridized carbons (Fsp3) is 0.450. The normalized spacial score (nSPS) is 30.2. The Bertz CT molecular complexity index is 762. The number of methoxy groups -OCH3 is 1. The van der Waals surface area contributed by atoms with E-state index in [2.05, 4.69) is 16.5 Å². The highest BCUT2D eigenvalue weighted by Crippen LogP contribution is 2.43. The van der Waals surface area contributed by atoms with E-state index in [9.17, 15) is 0 Å². The maximum absolute atomic E-state index is 15.5. The van der Waals surface area contributed by atoms with Crippen molar-refractivity contribution in [2.75, 3.05) is 20.2 Å². The summed E-state index contributed by atoms with van der Waals surface area (Å²) in [6.07, 6.45) is 4.82. The monoisotopic (exact) mass is 326 g/mol. The summed E-state index contributed by atoms with van der Waals surface area (Å²) in [5.41, 5.74) is 1.54. The molecule has 0 radical (unpaired) electrons. The molecule has 2 bridgehead atoms. The van der Waals surface area contributed by atoms with Crippen LogP contribution in [0.25, 0.3) is 10.9 Å². The van der Waals surface area contributed by atoms with E-state index in [4.69, 9.17) is 4.74 Å². The molecular weight excluding hydrogens is 303 g/mol. The molecule has 0 spiro atoms. The summed E-state index contributed by atoms with van der Waals surface area (Å²) in [6.45, 7) is 5.88. The number of rotatable bonds is 4. The third kappa shape index (κ3) is 2.49. The molecule has 0 amide bonds. The Morgan fingerprint density at radius 2 is 2.29 bits per heavy atom. The first-order valence-electron chi connectivity index (χ1n) is 8.64. The minimum atomic E-state index is -1.00. The van der Waals surface area contributed by atoms with Crippen LogP contribution in [0.3, 0.4) is 0 Å². The van der Waals surface area contributed by atoms with Crippen molar-refractivity contribution in [3.63, 3.8) is 0 Å². The van der Waals surface area contributed by atoms with Crippen LogP contribution in [-0.2, 0) is 0 Å². The van der Waals surface area contributed by atoms with Gasteiger partial charge >= 0.3 is 0 Å². The van der Waals surface area contributed by atoms with Crippen LogP contribution in [-0.4, -0.2) is 36.1 Å². The van der Waals surface area contributed by atoms with Crippen LogP contribution in [0.2, 0.25) is 0 Å². The van der Waals surface area contributed by atoms with E-state index >= 15 is 4.39 Å². The number of alkyl halides is 1. The number of hydrogen-bond acceptors (Lipinski definition) is 3. The highest BCUT2D eigenvalue weighted by molar-refractivity contribution is 5.84. The molecule has 4 heteroatoms. The molecule has 1 unspecified atom stereocenters. The molecule has 0 N–H and O–H groups in total. The number of piperidine rings is 3. The van der Waals surface area contributed by atoms with E-state index in [0.717, 1.165) is 48.1 Å². The van der Waals surface area contributed by atoms with Crippen LogP contribution < -0.4 is 4.74 Å². The third-order valence-corrected chi connectivity index (χ3v) is 5.77. The fourth-order valence-electron chi connectivity index (χ4n) is 4.40. The van der Waals surface area contributed by atoms with Crippen LogP contribution in [0.5, 0.6) is 5.75 Å². The van der Waals surface area contributed by atoms with Gasteiger partial charge in [-0.1, -0.05) is 6.08 Å². The van der Waals surface area contributed by atoms with Crippen molar-refractivity contribution in [1.82, 2.24) is 9.88 Å². The number of pyridine rings is 1. The van der Waals surface area contributed by atoms with Crippen molar-refractivity contribution in [3.8, 4) is 5.75 Å². The summed E-state index contributed by atoms with van der Waals surface area (Å²) >= 11 is 0. The second-order valence-electron chi connectivity index (χ2n) is 6.93. The van der Waals surface area contributed by atoms with Crippen LogP contribution in [0.15, 0.2) is 43.1 Å². The lowest BCUT2D eigenvalue weighted by atomic mass is 9.74. The third-order valence-electron chi connectivity index (χ3n) is 5.77. The van der Waals surface area contributed by atoms with Gasteiger partial charge in [0.2, 0.25) is 0 Å². The Morgan fingerprint density at radius 1 is 1.42 bits per heavy atom. The van der Waals surface area contributed by atoms with E-state index in [-0.39, 0.29) is 6.04 Å². The molecule has 3 aliphatic rings. The lowest BCUT2D eigenvalue weighted by Crippen LogP contribution is -2.54. The first-order valence-corrected chi connectivity index (χ1v) is 8.64. The molecule has 3 nitrogen and oxygen atoms in total. The molecule has 1 aromatic heterocycles. The molecule has 0 saturated carbocycles. The summed E-state index contributed by atoms with van der Waals surface area (Å²) in [7, 11) is 1.63. The Labute approximate surface area is 142 Å². The van der Waals surface area contributed by atoms with Gasteiger partial charge in [0.25, 0.3) is 0 Å². The molecule has 0 aliphatic carbocycles. The van der Waals surface area contributed by atoms with Crippen molar-refractivity contribution < 1.29 is 9.13 Å². The smallest absolute Gasteiger partial charge is 0.141 e. The molecule has 24 heavy (non-hydrogen) atoms. The number of halogens is 1. The average Bonchev–Trinajstić information content (AvgIpc) is 2.66. The minimum absolute atomic E-state index is 0.0447. The van der Waals surface area contributed by atoms with E-state index in [1.807, 2.05) is 30.3 Å². The highest BCUT2D eigenvalue weighted by atomic mass is 19.1. The Morgan fingerprint density at radius 3 is 3.00 bits per heavy atom. The first kappa shape index (κ1) is 15.6. The van der Waals surface area contributed by atoms with Gasteiger partial charge in [0.15, 0.2) is 0 Å². The maximum atomic E-state index is 15.5. The predicted octanol–water partition coefficient (Wildman–Crippen LogP) is 4.15. The second-order valence-corrected chi connectivity index (χ2v) is 6.93. The van der Waals surface area contributed by atoms with Gasteiger partial charge in [0, 0.05) is 24.2 Å². The maximum Gasteiger partial charge on any atom is 0.141 e. The van der Waals surface area contributed by atoms with Gasteiger partial charge < -0.3 is 4.74 Å². The number of nitrogens with zero attached hydrogens (tertiary/aromatic N) is 2. The SMILES string of the molecule is C=C[C@H]1CN2CC[C@H]1C[C@H]2[C@H](F)c1ccnc2ccc(OC)cc12. The number of ether oxygens (including phenoxy) is 1. The topological polar surface area (TPSA) is 25.4 Å². The molecule has 4 heterocycles. The van der Waals surface area contributed by atoms with Crippen molar-refractivity contribution in [2.24, 2.45) is 11.8 Å². The summed E-state index contributed by atoms with van der Waals surface area (Å²) in [5.74, 6) is 1.82. The Balaban J connectivity index is 1.69. The van der Waals surface area contributed by atoms with Crippen molar-refractivity contribution in [3.05, 3.63) is 48.7 Å². The van der Waals surface area contributed by atoms with Gasteiger partial charge in [-0.3, -0.25) is 9.88 Å². The second kappa shape index (κ2) is 6.17. The summed E-state index contributed by atoms with van der Waals surface area (Å²) in [6, 6.07) is 7.43. The van der Waals surface area contributed by atoms with Gasteiger partial charge in [0.05, 0.1) is 12.6 Å². The van der Waals surface area contributed by atoms with Crippen LogP contribution in [0.4, 0.5) is 4.39 Å². The molecule has 5 rings (SSSR count). The van der Waals surface area contributed by atoms with Gasteiger partial charge in [-0.25, -0.2) is 4.39 Å². The fourth-order valence-corrected chi connectivity index (χ4v) is 4.40. The summed E-state index contributed by atoms with van der Waals surface area (Å²) < 4.78 is 20.8. The Kier molecular flexibility index (Phi) is 4.01. The number of aromatic nitrogens is 1.